The molecule has 180 valence electrons. The van der Waals surface area contributed by atoms with Crippen LogP contribution in [0, 0.1) is 6.92 Å². The molecule has 1 N–H and O–H groups in total. The molecule has 0 radical (unpaired) electrons. The topological polar surface area (TPSA) is 122 Å². The fourth-order valence-electron chi connectivity index (χ4n) is 5.32. The lowest BCUT2D eigenvalue weighted by atomic mass is 9.98. The first kappa shape index (κ1) is 22.6. The van der Waals surface area contributed by atoms with Crippen molar-refractivity contribution in [2.45, 2.75) is 51.2 Å². The zero-order valence-corrected chi connectivity index (χ0v) is 20.0. The second kappa shape index (κ2) is 7.93. The molecular formula is C23H27N5O5S. The van der Waals surface area contributed by atoms with Gasteiger partial charge in [-0.25, -0.2) is 13.1 Å². The van der Waals surface area contributed by atoms with Gasteiger partial charge in [0.1, 0.15) is 11.5 Å². The van der Waals surface area contributed by atoms with Crippen molar-refractivity contribution in [2.24, 2.45) is 0 Å². The van der Waals surface area contributed by atoms with E-state index >= 15 is 0 Å². The Morgan fingerprint density at radius 3 is 2.76 bits per heavy atom. The van der Waals surface area contributed by atoms with Crippen molar-refractivity contribution >= 4 is 39.1 Å². The maximum Gasteiger partial charge on any atom is 0.257 e. The lowest BCUT2D eigenvalue weighted by Crippen LogP contribution is -2.62. The molecule has 10 nitrogen and oxygen atoms in total. The molecule has 0 aliphatic carbocycles. The molecule has 5 rings (SSSR count). The Balaban J connectivity index is 1.33. The van der Waals surface area contributed by atoms with E-state index in [0.717, 1.165) is 0 Å². The number of carbonyl (C=O) groups is 3. The lowest BCUT2D eigenvalue weighted by molar-refractivity contribution is -0.117. The average Bonchev–Trinajstić information content (AvgIpc) is 3.42. The summed E-state index contributed by atoms with van der Waals surface area (Å²) < 4.78 is 25.4. The highest BCUT2D eigenvalue weighted by atomic mass is 32.2. The molecule has 34 heavy (non-hydrogen) atoms. The minimum absolute atomic E-state index is 0.000890. The Morgan fingerprint density at radius 1 is 1.26 bits per heavy atom. The normalized spacial score (nSPS) is 25.4. The summed E-state index contributed by atoms with van der Waals surface area (Å²) in [5, 5.41) is 7.23. The molecule has 1 aromatic carbocycles. The Labute approximate surface area is 197 Å². The van der Waals surface area contributed by atoms with Gasteiger partial charge in [-0.3, -0.25) is 19.3 Å². The second-order valence-corrected chi connectivity index (χ2v) is 11.6. The van der Waals surface area contributed by atoms with Crippen LogP contribution in [0.15, 0.2) is 30.3 Å². The van der Waals surface area contributed by atoms with Crippen molar-refractivity contribution in [3.63, 3.8) is 0 Å². The van der Waals surface area contributed by atoms with E-state index in [4.69, 9.17) is 0 Å². The molecule has 3 aliphatic rings. The molecule has 0 spiro atoms. The van der Waals surface area contributed by atoms with Crippen molar-refractivity contribution in [3.05, 3.63) is 41.6 Å². The van der Waals surface area contributed by atoms with Crippen LogP contribution in [0.2, 0.25) is 0 Å². The minimum atomic E-state index is -3.10. The second-order valence-electron chi connectivity index (χ2n) is 9.39. The van der Waals surface area contributed by atoms with Gasteiger partial charge in [0.05, 0.1) is 34.5 Å². The molecule has 11 heteroatoms. The maximum atomic E-state index is 13.3. The third-order valence-electron chi connectivity index (χ3n) is 6.99. The van der Waals surface area contributed by atoms with Gasteiger partial charge in [-0.05, 0) is 38.8 Å². The van der Waals surface area contributed by atoms with Gasteiger partial charge < -0.3 is 10.2 Å². The van der Waals surface area contributed by atoms with E-state index in [9.17, 15) is 22.8 Å². The Bertz CT molecular complexity index is 1300. The number of aryl methyl sites for hydroxylation is 1. The van der Waals surface area contributed by atoms with Crippen molar-refractivity contribution in [2.75, 3.05) is 28.3 Å². The number of aromatic nitrogens is 2. The van der Waals surface area contributed by atoms with Gasteiger partial charge in [0.15, 0.2) is 9.84 Å². The maximum absolute atomic E-state index is 13.3. The number of rotatable bonds is 5. The molecule has 0 saturated carbocycles. The number of hydrogen-bond donors (Lipinski definition) is 1. The lowest BCUT2D eigenvalue weighted by Gasteiger charge is -2.48. The van der Waals surface area contributed by atoms with E-state index in [1.165, 1.54) is 0 Å². The van der Waals surface area contributed by atoms with Gasteiger partial charge in [0.2, 0.25) is 11.8 Å². The number of fused-ring (bicyclic) bond motifs is 3. The monoisotopic (exact) mass is 485 g/mol. The summed E-state index contributed by atoms with van der Waals surface area (Å²) in [6.45, 7) is 3.79. The minimum Gasteiger partial charge on any atom is -0.315 e. The van der Waals surface area contributed by atoms with Crippen molar-refractivity contribution in [3.8, 4) is 0 Å². The van der Waals surface area contributed by atoms with Crippen LogP contribution >= 0.6 is 0 Å². The number of nitrogens with one attached hydrogen (secondary N) is 1. The number of sulfone groups is 1. The summed E-state index contributed by atoms with van der Waals surface area (Å²) >= 11 is 0. The third-order valence-corrected chi connectivity index (χ3v) is 8.74. The number of nitrogens with zero attached hydrogens (tertiary/aromatic N) is 4. The van der Waals surface area contributed by atoms with Crippen LogP contribution in [-0.4, -0.2) is 64.5 Å². The van der Waals surface area contributed by atoms with E-state index < -0.39 is 15.5 Å². The van der Waals surface area contributed by atoms with Gasteiger partial charge in [0.25, 0.3) is 5.91 Å². The van der Waals surface area contributed by atoms with Crippen LogP contribution in [-0.2, 0) is 19.4 Å². The zero-order valence-electron chi connectivity index (χ0n) is 19.2. The first-order chi connectivity index (χ1) is 16.1. The quantitative estimate of drug-likeness (QED) is 0.690. The zero-order chi connectivity index (χ0) is 24.3. The summed E-state index contributed by atoms with van der Waals surface area (Å²) in [6.07, 6.45) is 1.31. The Kier molecular flexibility index (Phi) is 5.27. The number of carbonyl (C=O) groups excluding carboxylic acids is 3. The third kappa shape index (κ3) is 3.67. The van der Waals surface area contributed by atoms with Gasteiger partial charge in [-0.15, -0.1) is 0 Å². The molecule has 4 heterocycles. The predicted molar refractivity (Wildman–Crippen MR) is 125 cm³/mol. The van der Waals surface area contributed by atoms with E-state index in [0.29, 0.717) is 42.0 Å². The smallest absolute Gasteiger partial charge is 0.257 e. The largest absolute Gasteiger partial charge is 0.315 e. The number of amides is 3. The van der Waals surface area contributed by atoms with Crippen LogP contribution < -0.4 is 10.2 Å². The number of para-hydroxylation sites is 1. The van der Waals surface area contributed by atoms with Gasteiger partial charge in [0, 0.05) is 25.5 Å². The Morgan fingerprint density at radius 2 is 2.03 bits per heavy atom. The number of hydrogen-bond acceptors (Lipinski definition) is 6. The van der Waals surface area contributed by atoms with E-state index in [2.05, 4.69) is 10.4 Å². The highest BCUT2D eigenvalue weighted by molar-refractivity contribution is 7.91. The van der Waals surface area contributed by atoms with Gasteiger partial charge in [-0.2, -0.15) is 5.10 Å². The van der Waals surface area contributed by atoms with E-state index in [1.54, 1.807) is 45.7 Å². The molecule has 0 bridgehead atoms. The summed E-state index contributed by atoms with van der Waals surface area (Å²) in [6, 6.07) is 8.45. The van der Waals surface area contributed by atoms with Gasteiger partial charge in [-0.1, -0.05) is 12.1 Å². The Hall–Kier alpha value is -3.21. The summed E-state index contributed by atoms with van der Waals surface area (Å²) in [5.74, 6) is 0.00522. The van der Waals surface area contributed by atoms with E-state index in [1.807, 2.05) is 13.0 Å². The van der Waals surface area contributed by atoms with Crippen LogP contribution in [0.25, 0.3) is 0 Å². The van der Waals surface area contributed by atoms with Crippen molar-refractivity contribution in [1.82, 2.24) is 14.7 Å². The standard InChI is InChI=1S/C23H27N5O5S/c1-15-13-19(28(25-15)16-9-12-34(32,33)14-16)24-20(29)8-11-26-22(31)17-5-3-4-6-18(17)27-21(30)7-10-23(26,27)2/h3-6,13,16H,7-12,14H2,1-2H3,(H,24,29). The molecule has 2 fully saturated rings. The first-order valence-corrected chi connectivity index (χ1v) is 13.2. The first-order valence-electron chi connectivity index (χ1n) is 11.4. The average molecular weight is 486 g/mol. The molecule has 3 amide bonds. The molecular weight excluding hydrogens is 458 g/mol. The molecule has 1 aromatic heterocycles. The number of anilines is 2. The highest BCUT2D eigenvalue weighted by Crippen LogP contribution is 2.44. The van der Waals surface area contributed by atoms with Crippen LogP contribution in [0.1, 0.15) is 54.7 Å². The summed E-state index contributed by atoms with van der Waals surface area (Å²) in [4.78, 5) is 42.2. The van der Waals surface area contributed by atoms with Crippen molar-refractivity contribution in [1.29, 1.82) is 0 Å². The van der Waals surface area contributed by atoms with Crippen LogP contribution in [0.5, 0.6) is 0 Å². The number of benzene rings is 1. The van der Waals surface area contributed by atoms with Gasteiger partial charge >= 0.3 is 0 Å². The molecule has 2 atom stereocenters. The van der Waals surface area contributed by atoms with E-state index in [-0.39, 0.29) is 48.2 Å². The predicted octanol–water partition coefficient (Wildman–Crippen LogP) is 1.88. The summed E-state index contributed by atoms with van der Waals surface area (Å²) in [5.41, 5.74) is 0.922. The highest BCUT2D eigenvalue weighted by Gasteiger charge is 2.52. The van der Waals surface area contributed by atoms with Crippen molar-refractivity contribution < 1.29 is 22.8 Å². The molecule has 3 aliphatic heterocycles. The molecule has 2 saturated heterocycles. The fourth-order valence-corrected chi connectivity index (χ4v) is 7.01. The fraction of sp³-hybridized carbons (Fsp3) is 0.478. The SMILES string of the molecule is Cc1cc(NC(=O)CCN2C(=O)c3ccccc3N3C(=O)CCC23C)n(C2CCS(=O)(=O)C2)n1. The summed E-state index contributed by atoms with van der Waals surface area (Å²) in [7, 11) is -3.10. The van der Waals surface area contributed by atoms with Crippen LogP contribution in [0.4, 0.5) is 11.5 Å². The molecule has 2 aromatic rings. The molecule has 2 unspecified atom stereocenters. The van der Waals surface area contributed by atoms with Crippen LogP contribution in [0.3, 0.4) is 0 Å².